The molecule has 0 saturated carbocycles. The molecule has 1 aliphatic rings. The first-order valence-corrected chi connectivity index (χ1v) is 7.29. The molecule has 1 amide bonds. The average Bonchev–Trinajstić information content (AvgIpc) is 2.95. The fourth-order valence-corrected chi connectivity index (χ4v) is 2.56. The van der Waals surface area contributed by atoms with Crippen LogP contribution in [0.1, 0.15) is 18.5 Å². The fourth-order valence-electron chi connectivity index (χ4n) is 2.41. The van der Waals surface area contributed by atoms with Crippen molar-refractivity contribution in [2.75, 3.05) is 16.8 Å². The molecule has 0 bridgehead atoms. The van der Waals surface area contributed by atoms with Crippen LogP contribution in [-0.2, 0) is 4.79 Å². The first-order chi connectivity index (χ1) is 10.7. The Morgan fingerprint density at radius 1 is 1.32 bits per heavy atom. The van der Waals surface area contributed by atoms with E-state index in [2.05, 4.69) is 10.3 Å². The third-order valence-corrected chi connectivity index (χ3v) is 3.76. The highest BCUT2D eigenvalue weighted by Gasteiger charge is 2.21. The largest absolute Gasteiger partial charge is 0.340 e. The van der Waals surface area contributed by atoms with Crippen molar-refractivity contribution in [3.05, 3.63) is 47.1 Å². The van der Waals surface area contributed by atoms with Crippen molar-refractivity contribution in [2.24, 2.45) is 0 Å². The van der Waals surface area contributed by atoms with Gasteiger partial charge in [-0.1, -0.05) is 17.7 Å². The lowest BCUT2D eigenvalue weighted by molar-refractivity contribution is -0.117. The maximum absolute atomic E-state index is 11.8. The smallest absolute Gasteiger partial charge is 0.227 e. The Kier molecular flexibility index (Phi) is 3.94. The number of nitriles is 1. The lowest BCUT2D eigenvalue weighted by atomic mass is 10.2. The molecule has 110 valence electrons. The maximum Gasteiger partial charge on any atom is 0.227 e. The molecule has 22 heavy (non-hydrogen) atoms. The van der Waals surface area contributed by atoms with Crippen molar-refractivity contribution in [1.29, 1.82) is 5.26 Å². The van der Waals surface area contributed by atoms with Gasteiger partial charge in [0.05, 0.1) is 5.02 Å². The van der Waals surface area contributed by atoms with Crippen LogP contribution in [0.2, 0.25) is 5.02 Å². The molecule has 0 radical (unpaired) electrons. The Hall–Kier alpha value is -2.58. The lowest BCUT2D eigenvalue weighted by Gasteiger charge is -2.17. The Bertz CT molecular complexity index is 769. The summed E-state index contributed by atoms with van der Waals surface area (Å²) in [6, 6.07) is 12.8. The van der Waals surface area contributed by atoms with Gasteiger partial charge in [-0.25, -0.2) is 4.98 Å². The van der Waals surface area contributed by atoms with E-state index in [1.807, 2.05) is 30.3 Å². The lowest BCUT2D eigenvalue weighted by Crippen LogP contribution is -2.23. The van der Waals surface area contributed by atoms with Gasteiger partial charge in [0.15, 0.2) is 5.69 Å². The van der Waals surface area contributed by atoms with E-state index in [-0.39, 0.29) is 11.6 Å². The van der Waals surface area contributed by atoms with Crippen molar-refractivity contribution in [3.63, 3.8) is 0 Å². The van der Waals surface area contributed by atoms with E-state index < -0.39 is 0 Å². The van der Waals surface area contributed by atoms with Gasteiger partial charge in [-0.3, -0.25) is 4.79 Å². The number of hydrogen-bond donors (Lipinski definition) is 1. The van der Waals surface area contributed by atoms with E-state index in [0.717, 1.165) is 24.3 Å². The highest BCUT2D eigenvalue weighted by atomic mass is 35.5. The molecule has 1 aromatic carbocycles. The van der Waals surface area contributed by atoms with Gasteiger partial charge in [0.2, 0.25) is 5.91 Å². The number of benzene rings is 1. The van der Waals surface area contributed by atoms with Gasteiger partial charge in [-0.15, -0.1) is 0 Å². The van der Waals surface area contributed by atoms with Gasteiger partial charge < -0.3 is 10.2 Å². The zero-order valence-corrected chi connectivity index (χ0v) is 12.5. The quantitative estimate of drug-likeness (QED) is 0.942. The van der Waals surface area contributed by atoms with E-state index in [4.69, 9.17) is 16.9 Å². The summed E-state index contributed by atoms with van der Waals surface area (Å²) in [5.74, 6) is 0.680. The Morgan fingerprint density at radius 3 is 2.91 bits per heavy atom. The molecule has 1 N–H and O–H groups in total. The zero-order valence-electron chi connectivity index (χ0n) is 11.7. The summed E-state index contributed by atoms with van der Waals surface area (Å²) in [6.07, 6.45) is 1.49. The van der Waals surface area contributed by atoms with Crippen LogP contribution in [0.15, 0.2) is 36.4 Å². The zero-order chi connectivity index (χ0) is 15.5. The molecule has 1 aromatic heterocycles. The van der Waals surface area contributed by atoms with Crippen LogP contribution >= 0.6 is 11.6 Å². The van der Waals surface area contributed by atoms with Crippen LogP contribution in [0.3, 0.4) is 0 Å². The van der Waals surface area contributed by atoms with Crippen molar-refractivity contribution in [1.82, 2.24) is 4.98 Å². The maximum atomic E-state index is 11.8. The molecule has 1 saturated heterocycles. The van der Waals surface area contributed by atoms with Crippen LogP contribution in [0, 0.1) is 11.3 Å². The van der Waals surface area contributed by atoms with Crippen LogP contribution in [0.25, 0.3) is 0 Å². The summed E-state index contributed by atoms with van der Waals surface area (Å²) in [4.78, 5) is 17.7. The molecule has 0 spiro atoms. The number of hydrogen-bond acceptors (Lipinski definition) is 4. The summed E-state index contributed by atoms with van der Waals surface area (Å²) in [5.41, 5.74) is 1.84. The third-order valence-electron chi connectivity index (χ3n) is 3.46. The van der Waals surface area contributed by atoms with E-state index in [1.54, 1.807) is 17.0 Å². The first-order valence-electron chi connectivity index (χ1n) is 6.91. The number of nitrogens with zero attached hydrogens (tertiary/aromatic N) is 3. The second-order valence-corrected chi connectivity index (χ2v) is 5.37. The molecule has 1 aliphatic heterocycles. The van der Waals surface area contributed by atoms with E-state index in [1.165, 1.54) is 0 Å². The molecular weight excluding hydrogens is 300 g/mol. The number of nitrogens with one attached hydrogen (secondary N) is 1. The summed E-state index contributed by atoms with van der Waals surface area (Å²) in [5, 5.41) is 12.4. The Balaban J connectivity index is 1.84. The van der Waals surface area contributed by atoms with E-state index in [9.17, 15) is 4.79 Å². The van der Waals surface area contributed by atoms with Crippen molar-refractivity contribution >= 4 is 34.7 Å². The predicted molar refractivity (Wildman–Crippen MR) is 85.3 cm³/mol. The predicted octanol–water partition coefficient (Wildman–Crippen LogP) is 3.48. The summed E-state index contributed by atoms with van der Waals surface area (Å²) < 4.78 is 0. The first kappa shape index (κ1) is 14.4. The minimum atomic E-state index is 0.147. The molecule has 2 aromatic rings. The van der Waals surface area contributed by atoms with Crippen molar-refractivity contribution in [2.45, 2.75) is 12.8 Å². The number of anilines is 3. The molecule has 6 heteroatoms. The number of amides is 1. The van der Waals surface area contributed by atoms with Crippen LogP contribution in [0.5, 0.6) is 0 Å². The highest BCUT2D eigenvalue weighted by Crippen LogP contribution is 2.26. The van der Waals surface area contributed by atoms with E-state index >= 15 is 0 Å². The number of pyridine rings is 1. The van der Waals surface area contributed by atoms with Crippen molar-refractivity contribution in [3.8, 4) is 6.07 Å². The minimum Gasteiger partial charge on any atom is -0.340 e. The number of rotatable bonds is 3. The number of aromatic nitrogens is 1. The minimum absolute atomic E-state index is 0.147. The normalized spacial score (nSPS) is 14.0. The summed E-state index contributed by atoms with van der Waals surface area (Å²) in [7, 11) is 0. The second kappa shape index (κ2) is 6.04. The molecule has 5 nitrogen and oxygen atoms in total. The number of carbonyl (C=O) groups excluding carboxylic acids is 1. The van der Waals surface area contributed by atoms with Crippen LogP contribution < -0.4 is 10.2 Å². The SMILES string of the molecule is N#Cc1nc(Nc2cccc(N3CCCC3=O)c2)ccc1Cl. The molecule has 0 atom stereocenters. The van der Waals surface area contributed by atoms with Crippen LogP contribution in [0.4, 0.5) is 17.2 Å². The van der Waals surface area contributed by atoms with Gasteiger partial charge in [0.25, 0.3) is 0 Å². The van der Waals surface area contributed by atoms with Gasteiger partial charge in [0, 0.05) is 24.3 Å². The molecule has 1 fully saturated rings. The molecular formula is C16H13ClN4O. The standard InChI is InChI=1S/C16H13ClN4O/c17-13-6-7-15(20-14(13)10-18)19-11-3-1-4-12(9-11)21-8-2-5-16(21)22/h1,3-4,6-7,9H,2,5,8H2,(H,19,20). The van der Waals surface area contributed by atoms with Crippen LogP contribution in [-0.4, -0.2) is 17.4 Å². The monoisotopic (exact) mass is 312 g/mol. The summed E-state index contributed by atoms with van der Waals surface area (Å²) >= 11 is 5.87. The van der Waals surface area contributed by atoms with Gasteiger partial charge in [0.1, 0.15) is 11.9 Å². The Morgan fingerprint density at radius 2 is 2.18 bits per heavy atom. The van der Waals surface area contributed by atoms with Gasteiger partial charge >= 0.3 is 0 Å². The topological polar surface area (TPSA) is 69.0 Å². The molecule has 0 aliphatic carbocycles. The second-order valence-electron chi connectivity index (χ2n) is 4.96. The average molecular weight is 313 g/mol. The number of halogens is 1. The van der Waals surface area contributed by atoms with Crippen molar-refractivity contribution < 1.29 is 4.79 Å². The molecule has 3 rings (SSSR count). The van der Waals surface area contributed by atoms with E-state index in [0.29, 0.717) is 17.3 Å². The summed E-state index contributed by atoms with van der Waals surface area (Å²) in [6.45, 7) is 0.750. The third kappa shape index (κ3) is 2.87. The Labute approximate surface area is 133 Å². The number of carbonyl (C=O) groups is 1. The van der Waals surface area contributed by atoms with Gasteiger partial charge in [-0.2, -0.15) is 5.26 Å². The highest BCUT2D eigenvalue weighted by molar-refractivity contribution is 6.31. The molecule has 0 unspecified atom stereocenters. The fraction of sp³-hybridized carbons (Fsp3) is 0.188. The molecule has 2 heterocycles. The van der Waals surface area contributed by atoms with Gasteiger partial charge in [-0.05, 0) is 36.8 Å².